The lowest BCUT2D eigenvalue weighted by Crippen LogP contribution is -2.23. The van der Waals surface area contributed by atoms with Gasteiger partial charge in [-0.2, -0.15) is 0 Å². The van der Waals surface area contributed by atoms with Crippen LogP contribution in [-0.4, -0.2) is 18.6 Å². The molecule has 0 spiro atoms. The average Bonchev–Trinajstić information content (AvgIpc) is 2.41. The Morgan fingerprint density at radius 3 is 2.53 bits per heavy atom. The molecular formula is C14H15F2N3. The zero-order valence-electron chi connectivity index (χ0n) is 10.6. The highest BCUT2D eigenvalue weighted by Gasteiger charge is 2.13. The lowest BCUT2D eigenvalue weighted by atomic mass is 10.1. The molecule has 3 nitrogen and oxygen atoms in total. The first kappa shape index (κ1) is 13.3. The van der Waals surface area contributed by atoms with E-state index < -0.39 is 11.6 Å². The van der Waals surface area contributed by atoms with Gasteiger partial charge in [-0.05, 0) is 12.0 Å². The van der Waals surface area contributed by atoms with Crippen LogP contribution in [0.1, 0.15) is 5.56 Å². The Hall–Kier alpha value is -2.17. The van der Waals surface area contributed by atoms with Crippen LogP contribution < -0.4 is 10.6 Å². The second-order valence-electron chi connectivity index (χ2n) is 4.32. The standard InChI is InChI=1S/C14H15F2N3/c1-19(8-7-10-5-3-2-4-6-10)14-12(16)9-11(15)13(17)18-14/h2-6,9H,7-8H2,1H3,(H2,17,18). The molecule has 0 atom stereocenters. The molecule has 19 heavy (non-hydrogen) atoms. The summed E-state index contributed by atoms with van der Waals surface area (Å²) in [4.78, 5) is 5.36. The maximum absolute atomic E-state index is 13.6. The average molecular weight is 263 g/mol. The van der Waals surface area contributed by atoms with E-state index in [0.29, 0.717) is 6.54 Å². The molecule has 0 unspecified atom stereocenters. The Morgan fingerprint density at radius 2 is 1.84 bits per heavy atom. The van der Waals surface area contributed by atoms with Crippen LogP contribution in [0.3, 0.4) is 0 Å². The molecule has 0 saturated carbocycles. The van der Waals surface area contributed by atoms with Crippen molar-refractivity contribution >= 4 is 11.6 Å². The summed E-state index contributed by atoms with van der Waals surface area (Å²) in [5, 5.41) is 0. The predicted octanol–water partition coefficient (Wildman–Crippen LogP) is 2.62. The first-order chi connectivity index (χ1) is 9.08. The molecule has 2 rings (SSSR count). The van der Waals surface area contributed by atoms with E-state index in [-0.39, 0.29) is 11.6 Å². The fraction of sp³-hybridized carbons (Fsp3) is 0.214. The predicted molar refractivity (Wildman–Crippen MR) is 72.0 cm³/mol. The van der Waals surface area contributed by atoms with Gasteiger partial charge in [-0.3, -0.25) is 0 Å². The largest absolute Gasteiger partial charge is 0.381 e. The minimum absolute atomic E-state index is 0.0647. The van der Waals surface area contributed by atoms with Crippen LogP contribution in [-0.2, 0) is 6.42 Å². The number of hydrogen-bond donors (Lipinski definition) is 1. The third kappa shape index (κ3) is 3.19. The van der Waals surface area contributed by atoms with Crippen LogP contribution in [0, 0.1) is 11.6 Å². The molecule has 1 aromatic heterocycles. The van der Waals surface area contributed by atoms with Crippen LogP contribution in [0.15, 0.2) is 36.4 Å². The second-order valence-corrected chi connectivity index (χ2v) is 4.32. The number of halogens is 2. The topological polar surface area (TPSA) is 42.2 Å². The highest BCUT2D eigenvalue weighted by atomic mass is 19.1. The quantitative estimate of drug-likeness (QED) is 0.922. The van der Waals surface area contributed by atoms with Gasteiger partial charge in [0.25, 0.3) is 0 Å². The lowest BCUT2D eigenvalue weighted by Gasteiger charge is -2.19. The molecule has 0 radical (unpaired) electrons. The summed E-state index contributed by atoms with van der Waals surface area (Å²) < 4.78 is 26.6. The van der Waals surface area contributed by atoms with Crippen LogP contribution in [0.2, 0.25) is 0 Å². The summed E-state index contributed by atoms with van der Waals surface area (Å²) in [6, 6.07) is 10.6. The molecule has 2 N–H and O–H groups in total. The van der Waals surface area contributed by atoms with Gasteiger partial charge < -0.3 is 10.6 Å². The SMILES string of the molecule is CN(CCc1ccccc1)c1nc(N)c(F)cc1F. The number of rotatable bonds is 4. The molecule has 1 aromatic carbocycles. The van der Waals surface area contributed by atoms with Crippen molar-refractivity contribution in [3.8, 4) is 0 Å². The van der Waals surface area contributed by atoms with Crippen molar-refractivity contribution < 1.29 is 8.78 Å². The highest BCUT2D eigenvalue weighted by Crippen LogP contribution is 2.19. The maximum atomic E-state index is 13.6. The summed E-state index contributed by atoms with van der Waals surface area (Å²) >= 11 is 0. The van der Waals surface area contributed by atoms with Crippen molar-refractivity contribution in [1.29, 1.82) is 0 Å². The molecule has 5 heteroatoms. The molecule has 2 aromatic rings. The molecule has 0 bridgehead atoms. The van der Waals surface area contributed by atoms with E-state index in [0.717, 1.165) is 18.1 Å². The van der Waals surface area contributed by atoms with Crippen LogP contribution in [0.25, 0.3) is 0 Å². The maximum Gasteiger partial charge on any atom is 0.168 e. The van der Waals surface area contributed by atoms with Gasteiger partial charge in [-0.25, -0.2) is 13.8 Å². The zero-order valence-corrected chi connectivity index (χ0v) is 10.6. The van der Waals surface area contributed by atoms with E-state index in [1.54, 1.807) is 11.9 Å². The van der Waals surface area contributed by atoms with Gasteiger partial charge >= 0.3 is 0 Å². The summed E-state index contributed by atoms with van der Waals surface area (Å²) in [6.45, 7) is 0.568. The van der Waals surface area contributed by atoms with Gasteiger partial charge in [-0.1, -0.05) is 30.3 Å². The van der Waals surface area contributed by atoms with Gasteiger partial charge in [0, 0.05) is 19.7 Å². The number of nitrogens with two attached hydrogens (primary N) is 1. The van der Waals surface area contributed by atoms with E-state index in [1.807, 2.05) is 30.3 Å². The number of likely N-dealkylation sites (N-methyl/N-ethyl adjacent to an activating group) is 1. The van der Waals surface area contributed by atoms with E-state index >= 15 is 0 Å². The number of nitrogen functional groups attached to an aromatic ring is 1. The summed E-state index contributed by atoms with van der Waals surface area (Å²) in [7, 11) is 1.70. The second kappa shape index (κ2) is 5.65. The first-order valence-corrected chi connectivity index (χ1v) is 5.94. The Labute approximate surface area is 110 Å². The van der Waals surface area contributed by atoms with Gasteiger partial charge in [0.1, 0.15) is 0 Å². The van der Waals surface area contributed by atoms with Crippen molar-refractivity contribution in [3.63, 3.8) is 0 Å². The lowest BCUT2D eigenvalue weighted by molar-refractivity contribution is 0.574. The Morgan fingerprint density at radius 1 is 1.16 bits per heavy atom. The van der Waals surface area contributed by atoms with Gasteiger partial charge in [0.15, 0.2) is 23.3 Å². The molecule has 1 heterocycles. The summed E-state index contributed by atoms with van der Waals surface area (Å²) in [6.07, 6.45) is 0.746. The van der Waals surface area contributed by atoms with E-state index in [4.69, 9.17) is 5.73 Å². The first-order valence-electron chi connectivity index (χ1n) is 5.94. The third-order valence-corrected chi connectivity index (χ3v) is 2.88. The van der Waals surface area contributed by atoms with Crippen LogP contribution in [0.5, 0.6) is 0 Å². The van der Waals surface area contributed by atoms with Gasteiger partial charge in [0.05, 0.1) is 0 Å². The van der Waals surface area contributed by atoms with Crippen molar-refractivity contribution in [2.24, 2.45) is 0 Å². The number of benzene rings is 1. The Bertz CT molecular complexity index is 558. The summed E-state index contributed by atoms with van der Waals surface area (Å²) in [5.74, 6) is -1.77. The van der Waals surface area contributed by atoms with Gasteiger partial charge in [0.2, 0.25) is 0 Å². The van der Waals surface area contributed by atoms with E-state index in [1.165, 1.54) is 0 Å². The molecule has 0 saturated heterocycles. The smallest absolute Gasteiger partial charge is 0.168 e. The minimum atomic E-state index is -0.835. The molecule has 0 fully saturated rings. The number of nitrogens with zero attached hydrogens (tertiary/aromatic N) is 2. The fourth-order valence-electron chi connectivity index (χ4n) is 1.79. The number of hydrogen-bond acceptors (Lipinski definition) is 3. The molecule has 100 valence electrons. The van der Waals surface area contributed by atoms with Crippen LogP contribution >= 0.6 is 0 Å². The van der Waals surface area contributed by atoms with Gasteiger partial charge in [-0.15, -0.1) is 0 Å². The molecule has 0 aliphatic rings. The Balaban J connectivity index is 2.08. The molecular weight excluding hydrogens is 248 g/mol. The van der Waals surface area contributed by atoms with Crippen molar-refractivity contribution in [2.45, 2.75) is 6.42 Å². The zero-order chi connectivity index (χ0) is 13.8. The molecule has 0 aliphatic carbocycles. The minimum Gasteiger partial charge on any atom is -0.381 e. The normalized spacial score (nSPS) is 10.5. The highest BCUT2D eigenvalue weighted by molar-refractivity contribution is 5.46. The number of pyridine rings is 1. The molecule has 0 amide bonds. The monoisotopic (exact) mass is 263 g/mol. The fourth-order valence-corrected chi connectivity index (χ4v) is 1.79. The molecule has 0 aliphatic heterocycles. The Kier molecular flexibility index (Phi) is 3.94. The van der Waals surface area contributed by atoms with E-state index in [2.05, 4.69) is 4.98 Å². The number of anilines is 2. The van der Waals surface area contributed by atoms with Crippen molar-refractivity contribution in [1.82, 2.24) is 4.98 Å². The van der Waals surface area contributed by atoms with E-state index in [9.17, 15) is 8.78 Å². The van der Waals surface area contributed by atoms with Crippen LogP contribution in [0.4, 0.5) is 20.4 Å². The summed E-state index contributed by atoms with van der Waals surface area (Å²) in [5.41, 5.74) is 6.50. The van der Waals surface area contributed by atoms with Crippen molar-refractivity contribution in [3.05, 3.63) is 53.6 Å². The third-order valence-electron chi connectivity index (χ3n) is 2.88. The van der Waals surface area contributed by atoms with Crippen molar-refractivity contribution in [2.75, 3.05) is 24.2 Å². The number of aromatic nitrogens is 1.